The number of aliphatic hydroxyl groups is 1. The zero-order valence-corrected chi connectivity index (χ0v) is 15.7. The lowest BCUT2D eigenvalue weighted by molar-refractivity contribution is 0.155. The Labute approximate surface area is 159 Å². The van der Waals surface area contributed by atoms with Crippen LogP contribution >= 0.6 is 11.3 Å². The molecule has 4 rings (SSSR count). The van der Waals surface area contributed by atoms with Crippen molar-refractivity contribution in [2.24, 2.45) is 0 Å². The lowest BCUT2D eigenvalue weighted by Crippen LogP contribution is -2.35. The number of hydrogen-bond acceptors (Lipinski definition) is 7. The summed E-state index contributed by atoms with van der Waals surface area (Å²) < 4.78 is 6.04. The SMILES string of the molecule is CCN1CCC(c2c(O)cc(O)c3c(=O)cc(-c4cccs4)oc23)C1CO. The monoisotopic (exact) mass is 387 g/mol. The highest BCUT2D eigenvalue weighted by atomic mass is 32.1. The van der Waals surface area contributed by atoms with E-state index in [1.165, 1.54) is 23.5 Å². The number of phenols is 2. The summed E-state index contributed by atoms with van der Waals surface area (Å²) in [6.07, 6.45) is 0.722. The van der Waals surface area contributed by atoms with Gasteiger partial charge < -0.3 is 19.7 Å². The summed E-state index contributed by atoms with van der Waals surface area (Å²) in [6, 6.07) is 6.10. The van der Waals surface area contributed by atoms with Gasteiger partial charge in [0, 0.05) is 29.7 Å². The third-order valence-electron chi connectivity index (χ3n) is 5.39. The quantitative estimate of drug-likeness (QED) is 0.637. The van der Waals surface area contributed by atoms with Crippen molar-refractivity contribution in [1.82, 2.24) is 4.90 Å². The van der Waals surface area contributed by atoms with E-state index in [9.17, 15) is 20.1 Å². The molecule has 2 atom stereocenters. The van der Waals surface area contributed by atoms with E-state index in [0.29, 0.717) is 11.3 Å². The van der Waals surface area contributed by atoms with Crippen LogP contribution in [0.1, 0.15) is 24.8 Å². The number of aliphatic hydroxyl groups excluding tert-OH is 1. The summed E-state index contributed by atoms with van der Waals surface area (Å²) in [7, 11) is 0. The molecule has 6 nitrogen and oxygen atoms in total. The van der Waals surface area contributed by atoms with Gasteiger partial charge in [0.2, 0.25) is 0 Å². The van der Waals surface area contributed by atoms with Gasteiger partial charge in [-0.25, -0.2) is 0 Å². The van der Waals surface area contributed by atoms with Crippen molar-refractivity contribution in [3.8, 4) is 22.1 Å². The van der Waals surface area contributed by atoms with Crippen LogP contribution in [0.15, 0.2) is 38.9 Å². The predicted molar refractivity (Wildman–Crippen MR) is 105 cm³/mol. The molecule has 1 aliphatic heterocycles. The molecule has 0 bridgehead atoms. The van der Waals surface area contributed by atoms with Crippen molar-refractivity contribution in [2.75, 3.05) is 19.7 Å². The van der Waals surface area contributed by atoms with Crippen molar-refractivity contribution >= 4 is 22.3 Å². The summed E-state index contributed by atoms with van der Waals surface area (Å²) in [6.45, 7) is 3.52. The molecule has 0 amide bonds. The molecule has 1 aliphatic rings. The first-order valence-corrected chi connectivity index (χ1v) is 9.84. The zero-order chi connectivity index (χ0) is 19.1. The lowest BCUT2D eigenvalue weighted by atomic mass is 9.89. The highest BCUT2D eigenvalue weighted by Gasteiger charge is 2.37. The molecule has 0 saturated carbocycles. The van der Waals surface area contributed by atoms with Gasteiger partial charge in [-0.1, -0.05) is 13.0 Å². The number of nitrogens with zero attached hydrogens (tertiary/aromatic N) is 1. The Morgan fingerprint density at radius 1 is 1.30 bits per heavy atom. The molecule has 0 radical (unpaired) electrons. The standard InChI is InChI=1S/C20H21NO5S/c1-2-21-6-5-11(12(21)10-22)18-13(23)8-14(24)19-15(25)9-16(26-20(18)19)17-4-3-7-27-17/h3-4,7-9,11-12,22-24H,2,5-6,10H2,1H3. The number of phenolic OH excluding ortho intramolecular Hbond substituents is 2. The molecule has 0 spiro atoms. The van der Waals surface area contributed by atoms with Gasteiger partial charge >= 0.3 is 0 Å². The topological polar surface area (TPSA) is 94.1 Å². The van der Waals surface area contributed by atoms with Crippen molar-refractivity contribution in [3.63, 3.8) is 0 Å². The van der Waals surface area contributed by atoms with Crippen molar-refractivity contribution in [2.45, 2.75) is 25.3 Å². The molecule has 3 aromatic rings. The van der Waals surface area contributed by atoms with Gasteiger partial charge in [0.05, 0.1) is 11.5 Å². The maximum absolute atomic E-state index is 12.7. The molecule has 0 aliphatic carbocycles. The molecule has 7 heteroatoms. The first kappa shape index (κ1) is 18.0. The van der Waals surface area contributed by atoms with Crippen LogP contribution in [0.4, 0.5) is 0 Å². The van der Waals surface area contributed by atoms with E-state index in [-0.39, 0.29) is 46.5 Å². The molecule has 3 N–H and O–H groups in total. The Morgan fingerprint density at radius 2 is 2.11 bits per heavy atom. The Hall–Kier alpha value is -2.35. The average Bonchev–Trinajstić information content (AvgIpc) is 3.30. The number of fused-ring (bicyclic) bond motifs is 1. The lowest BCUT2D eigenvalue weighted by Gasteiger charge is -2.26. The maximum Gasteiger partial charge on any atom is 0.197 e. The van der Waals surface area contributed by atoms with E-state index < -0.39 is 0 Å². The Kier molecular flexibility index (Phi) is 4.67. The fourth-order valence-electron chi connectivity index (χ4n) is 4.11. The van der Waals surface area contributed by atoms with Crippen LogP contribution in [-0.2, 0) is 0 Å². The van der Waals surface area contributed by atoms with E-state index >= 15 is 0 Å². The highest BCUT2D eigenvalue weighted by molar-refractivity contribution is 7.13. The van der Waals surface area contributed by atoms with Crippen LogP contribution in [0, 0.1) is 0 Å². The number of hydrogen-bond donors (Lipinski definition) is 3. The molecule has 2 unspecified atom stereocenters. The highest BCUT2D eigenvalue weighted by Crippen LogP contribution is 2.44. The second kappa shape index (κ2) is 6.99. The smallest absolute Gasteiger partial charge is 0.197 e. The summed E-state index contributed by atoms with van der Waals surface area (Å²) in [5.74, 6) is -0.212. The van der Waals surface area contributed by atoms with Crippen molar-refractivity contribution < 1.29 is 19.7 Å². The van der Waals surface area contributed by atoms with E-state index in [1.807, 2.05) is 24.4 Å². The number of thiophene rings is 1. The molecule has 27 heavy (non-hydrogen) atoms. The molecule has 1 fully saturated rings. The average molecular weight is 387 g/mol. The fourth-order valence-corrected chi connectivity index (χ4v) is 4.79. The largest absolute Gasteiger partial charge is 0.507 e. The number of aromatic hydroxyl groups is 2. The van der Waals surface area contributed by atoms with Crippen LogP contribution in [-0.4, -0.2) is 46.0 Å². The second-order valence-electron chi connectivity index (χ2n) is 6.76. The zero-order valence-electron chi connectivity index (χ0n) is 14.9. The third-order valence-corrected chi connectivity index (χ3v) is 6.27. The molecule has 3 heterocycles. The van der Waals surface area contributed by atoms with Crippen LogP contribution < -0.4 is 5.43 Å². The van der Waals surface area contributed by atoms with Gasteiger partial charge in [0.1, 0.15) is 28.2 Å². The van der Waals surface area contributed by atoms with Crippen molar-refractivity contribution in [1.29, 1.82) is 0 Å². The number of benzene rings is 1. The third kappa shape index (κ3) is 2.92. The molecular formula is C20H21NO5S. The number of likely N-dealkylation sites (tertiary alicyclic amines) is 1. The maximum atomic E-state index is 12.7. The van der Waals surface area contributed by atoms with Crippen molar-refractivity contribution in [3.05, 3.63) is 45.4 Å². The van der Waals surface area contributed by atoms with E-state index in [1.54, 1.807) is 0 Å². The predicted octanol–water partition coefficient (Wildman–Crippen LogP) is 3.10. The summed E-state index contributed by atoms with van der Waals surface area (Å²) >= 11 is 1.44. The molecule has 1 aromatic carbocycles. The first-order chi connectivity index (χ1) is 13.0. The molecule has 142 valence electrons. The fraction of sp³-hybridized carbons (Fsp3) is 0.350. The van der Waals surface area contributed by atoms with E-state index in [4.69, 9.17) is 4.42 Å². The Balaban J connectivity index is 1.98. The molecule has 1 saturated heterocycles. The summed E-state index contributed by atoms with van der Waals surface area (Å²) in [5, 5.41) is 32.7. The summed E-state index contributed by atoms with van der Waals surface area (Å²) in [4.78, 5) is 15.6. The van der Waals surface area contributed by atoms with Gasteiger partial charge in [-0.2, -0.15) is 0 Å². The first-order valence-electron chi connectivity index (χ1n) is 8.96. The normalized spacial score (nSPS) is 20.5. The van der Waals surface area contributed by atoms with E-state index in [2.05, 4.69) is 4.90 Å². The second-order valence-corrected chi connectivity index (χ2v) is 7.71. The number of rotatable bonds is 4. The number of likely N-dealkylation sites (N-methyl/N-ethyl adjacent to an activating group) is 1. The van der Waals surface area contributed by atoms with Gasteiger partial charge in [-0.3, -0.25) is 9.69 Å². The Morgan fingerprint density at radius 3 is 2.78 bits per heavy atom. The van der Waals surface area contributed by atoms with Crippen LogP contribution in [0.5, 0.6) is 11.5 Å². The van der Waals surface area contributed by atoms with Crippen LogP contribution in [0.2, 0.25) is 0 Å². The Bertz CT molecular complexity index is 1030. The summed E-state index contributed by atoms with van der Waals surface area (Å²) in [5.41, 5.74) is 0.322. The molecule has 2 aromatic heterocycles. The minimum atomic E-state index is -0.357. The van der Waals surface area contributed by atoms with Crippen LogP contribution in [0.25, 0.3) is 21.6 Å². The van der Waals surface area contributed by atoms with E-state index in [0.717, 1.165) is 24.4 Å². The minimum Gasteiger partial charge on any atom is -0.507 e. The van der Waals surface area contributed by atoms with Gasteiger partial charge in [0.15, 0.2) is 5.43 Å². The molecular weight excluding hydrogens is 366 g/mol. The minimum absolute atomic E-state index is 0.0604. The van der Waals surface area contributed by atoms with Gasteiger partial charge in [-0.15, -0.1) is 11.3 Å². The van der Waals surface area contributed by atoms with Gasteiger partial charge in [0.25, 0.3) is 0 Å². The van der Waals surface area contributed by atoms with Gasteiger partial charge in [-0.05, 0) is 31.0 Å². The van der Waals surface area contributed by atoms with Crippen LogP contribution in [0.3, 0.4) is 0 Å².